The SMILES string of the molecule is CCCCCCC(C)OC1CCC(NC(C)C)(C(N)=O)C1. The predicted molar refractivity (Wildman–Crippen MR) is 87.1 cm³/mol. The average molecular weight is 298 g/mol. The first-order valence-electron chi connectivity index (χ1n) is 8.62. The van der Waals surface area contributed by atoms with Gasteiger partial charge in [0.25, 0.3) is 0 Å². The molecule has 0 radical (unpaired) electrons. The standard InChI is InChI=1S/C17H34N2O2/c1-5-6-7-8-9-14(4)21-15-10-11-17(12-15,16(18)20)19-13(2)3/h13-15,19H,5-12H2,1-4H3,(H2,18,20). The molecule has 1 aliphatic rings. The van der Waals surface area contributed by atoms with E-state index in [1.165, 1.54) is 25.7 Å². The molecule has 1 saturated carbocycles. The summed E-state index contributed by atoms with van der Waals surface area (Å²) in [6.45, 7) is 8.47. The lowest BCUT2D eigenvalue weighted by molar-refractivity contribution is -0.125. The number of unbranched alkanes of at least 4 members (excludes halogenated alkanes) is 3. The molecular formula is C17H34N2O2. The van der Waals surface area contributed by atoms with Gasteiger partial charge in [0.15, 0.2) is 0 Å². The van der Waals surface area contributed by atoms with Gasteiger partial charge in [-0.1, -0.05) is 32.6 Å². The van der Waals surface area contributed by atoms with Crippen LogP contribution in [0.25, 0.3) is 0 Å². The van der Waals surface area contributed by atoms with E-state index in [9.17, 15) is 4.79 Å². The van der Waals surface area contributed by atoms with E-state index >= 15 is 0 Å². The minimum Gasteiger partial charge on any atom is -0.375 e. The van der Waals surface area contributed by atoms with Crippen LogP contribution in [-0.2, 0) is 9.53 Å². The maximum Gasteiger partial charge on any atom is 0.237 e. The van der Waals surface area contributed by atoms with Crippen LogP contribution in [0.15, 0.2) is 0 Å². The molecule has 0 spiro atoms. The number of hydrogen-bond acceptors (Lipinski definition) is 3. The number of carbonyl (C=O) groups excluding carboxylic acids is 1. The zero-order chi connectivity index (χ0) is 15.9. The average Bonchev–Trinajstić information content (AvgIpc) is 2.78. The van der Waals surface area contributed by atoms with Crippen LogP contribution in [0.1, 0.15) is 79.1 Å². The molecule has 4 heteroatoms. The van der Waals surface area contributed by atoms with Crippen LogP contribution in [0.4, 0.5) is 0 Å². The molecule has 0 heterocycles. The Morgan fingerprint density at radius 2 is 2.05 bits per heavy atom. The van der Waals surface area contributed by atoms with E-state index in [4.69, 9.17) is 10.5 Å². The van der Waals surface area contributed by atoms with Gasteiger partial charge in [-0.25, -0.2) is 0 Å². The van der Waals surface area contributed by atoms with E-state index in [0.29, 0.717) is 6.42 Å². The van der Waals surface area contributed by atoms with Crippen molar-refractivity contribution in [3.63, 3.8) is 0 Å². The molecular weight excluding hydrogens is 264 g/mol. The summed E-state index contributed by atoms with van der Waals surface area (Å²) in [6.07, 6.45) is 9.04. The number of carbonyl (C=O) groups is 1. The third kappa shape index (κ3) is 5.95. The Labute approximate surface area is 130 Å². The summed E-state index contributed by atoms with van der Waals surface area (Å²) in [4.78, 5) is 11.8. The van der Waals surface area contributed by atoms with Gasteiger partial charge in [0.05, 0.1) is 12.2 Å². The number of nitrogens with two attached hydrogens (primary N) is 1. The molecule has 0 aromatic rings. The fraction of sp³-hybridized carbons (Fsp3) is 0.941. The Morgan fingerprint density at radius 1 is 1.33 bits per heavy atom. The molecule has 3 atom stereocenters. The Morgan fingerprint density at radius 3 is 2.62 bits per heavy atom. The molecule has 0 bridgehead atoms. The fourth-order valence-electron chi connectivity index (χ4n) is 3.35. The van der Waals surface area contributed by atoms with Crippen molar-refractivity contribution in [2.45, 2.75) is 103 Å². The lowest BCUT2D eigenvalue weighted by Crippen LogP contribution is -2.56. The van der Waals surface area contributed by atoms with Crippen molar-refractivity contribution in [3.05, 3.63) is 0 Å². The van der Waals surface area contributed by atoms with Crippen LogP contribution < -0.4 is 11.1 Å². The molecule has 1 fully saturated rings. The van der Waals surface area contributed by atoms with Crippen LogP contribution in [0.2, 0.25) is 0 Å². The van der Waals surface area contributed by atoms with E-state index in [0.717, 1.165) is 19.3 Å². The fourth-order valence-corrected chi connectivity index (χ4v) is 3.35. The number of primary amides is 1. The Hall–Kier alpha value is -0.610. The van der Waals surface area contributed by atoms with Crippen molar-refractivity contribution in [2.75, 3.05) is 0 Å². The summed E-state index contributed by atoms with van der Waals surface area (Å²) in [7, 11) is 0. The number of nitrogens with one attached hydrogen (secondary N) is 1. The molecule has 0 saturated heterocycles. The first-order chi connectivity index (χ1) is 9.89. The second kappa shape index (κ2) is 8.74. The van der Waals surface area contributed by atoms with Gasteiger partial charge in [-0.3, -0.25) is 4.79 Å². The minimum atomic E-state index is -0.569. The number of ether oxygens (including phenoxy) is 1. The van der Waals surface area contributed by atoms with Gasteiger partial charge in [-0.05, 0) is 40.0 Å². The summed E-state index contributed by atoms with van der Waals surface area (Å²) in [6, 6.07) is 0.253. The molecule has 0 aromatic heterocycles. The highest BCUT2D eigenvalue weighted by Crippen LogP contribution is 2.33. The Balaban J connectivity index is 2.39. The lowest BCUT2D eigenvalue weighted by atomic mass is 9.95. The van der Waals surface area contributed by atoms with E-state index in [1.54, 1.807) is 0 Å². The monoisotopic (exact) mass is 298 g/mol. The van der Waals surface area contributed by atoms with Gasteiger partial charge in [0, 0.05) is 12.5 Å². The molecule has 0 aliphatic heterocycles. The van der Waals surface area contributed by atoms with E-state index < -0.39 is 5.54 Å². The molecule has 124 valence electrons. The van der Waals surface area contributed by atoms with Gasteiger partial charge >= 0.3 is 0 Å². The summed E-state index contributed by atoms with van der Waals surface area (Å²) >= 11 is 0. The first kappa shape index (κ1) is 18.4. The van der Waals surface area contributed by atoms with E-state index in [2.05, 4.69) is 33.0 Å². The first-order valence-corrected chi connectivity index (χ1v) is 8.62. The molecule has 21 heavy (non-hydrogen) atoms. The van der Waals surface area contributed by atoms with Gasteiger partial charge in [0.2, 0.25) is 5.91 Å². The predicted octanol–water partition coefficient (Wildman–Crippen LogP) is 3.14. The largest absolute Gasteiger partial charge is 0.375 e. The zero-order valence-electron chi connectivity index (χ0n) is 14.3. The van der Waals surface area contributed by atoms with Gasteiger partial charge in [-0.2, -0.15) is 0 Å². The van der Waals surface area contributed by atoms with Crippen molar-refractivity contribution < 1.29 is 9.53 Å². The third-order valence-corrected chi connectivity index (χ3v) is 4.39. The molecule has 0 aromatic carbocycles. The van der Waals surface area contributed by atoms with Crippen LogP contribution in [0.3, 0.4) is 0 Å². The van der Waals surface area contributed by atoms with Crippen molar-refractivity contribution in [2.24, 2.45) is 5.73 Å². The van der Waals surface area contributed by atoms with Gasteiger partial charge in [-0.15, -0.1) is 0 Å². The maximum atomic E-state index is 11.8. The topological polar surface area (TPSA) is 64.3 Å². The van der Waals surface area contributed by atoms with Crippen molar-refractivity contribution in [3.8, 4) is 0 Å². The third-order valence-electron chi connectivity index (χ3n) is 4.39. The Kier molecular flexibility index (Phi) is 7.67. The number of rotatable bonds is 10. The number of hydrogen-bond donors (Lipinski definition) is 2. The van der Waals surface area contributed by atoms with Crippen LogP contribution in [0.5, 0.6) is 0 Å². The van der Waals surface area contributed by atoms with E-state index in [-0.39, 0.29) is 24.2 Å². The molecule has 1 aliphatic carbocycles. The smallest absolute Gasteiger partial charge is 0.237 e. The quantitative estimate of drug-likeness (QED) is 0.609. The van der Waals surface area contributed by atoms with E-state index in [1.807, 2.05) is 0 Å². The highest BCUT2D eigenvalue weighted by Gasteiger charge is 2.44. The molecule has 3 N–H and O–H groups in total. The molecule has 1 rings (SSSR count). The Bertz CT molecular complexity index is 320. The van der Waals surface area contributed by atoms with Gasteiger partial charge in [0.1, 0.15) is 5.54 Å². The molecule has 1 amide bonds. The highest BCUT2D eigenvalue weighted by molar-refractivity contribution is 5.85. The van der Waals surface area contributed by atoms with Crippen LogP contribution in [-0.4, -0.2) is 29.7 Å². The lowest BCUT2D eigenvalue weighted by Gasteiger charge is -2.30. The van der Waals surface area contributed by atoms with Crippen LogP contribution >= 0.6 is 0 Å². The summed E-state index contributed by atoms with van der Waals surface area (Å²) in [5.74, 6) is -0.238. The zero-order valence-corrected chi connectivity index (χ0v) is 14.3. The summed E-state index contributed by atoms with van der Waals surface area (Å²) in [5.41, 5.74) is 5.06. The minimum absolute atomic E-state index is 0.157. The summed E-state index contributed by atoms with van der Waals surface area (Å²) < 4.78 is 6.13. The number of amides is 1. The van der Waals surface area contributed by atoms with Crippen molar-refractivity contribution in [1.82, 2.24) is 5.32 Å². The van der Waals surface area contributed by atoms with Gasteiger partial charge < -0.3 is 15.8 Å². The van der Waals surface area contributed by atoms with Crippen LogP contribution in [0, 0.1) is 0 Å². The highest BCUT2D eigenvalue weighted by atomic mass is 16.5. The van der Waals surface area contributed by atoms with Crippen molar-refractivity contribution in [1.29, 1.82) is 0 Å². The normalized spacial score (nSPS) is 27.2. The second-order valence-corrected chi connectivity index (χ2v) is 6.91. The molecule has 4 nitrogen and oxygen atoms in total. The summed E-state index contributed by atoms with van der Waals surface area (Å²) in [5, 5.41) is 3.36. The maximum absolute atomic E-state index is 11.8. The van der Waals surface area contributed by atoms with Crippen molar-refractivity contribution >= 4 is 5.91 Å². The molecule has 3 unspecified atom stereocenters. The second-order valence-electron chi connectivity index (χ2n) is 6.91.